The van der Waals surface area contributed by atoms with E-state index in [-0.39, 0.29) is 11.4 Å². The normalized spacial score (nSPS) is 15.8. The number of rotatable bonds is 3. The smallest absolute Gasteiger partial charge is 0.338 e. The highest BCUT2D eigenvalue weighted by Crippen LogP contribution is 2.32. The Morgan fingerprint density at radius 1 is 1.25 bits per heavy atom. The van der Waals surface area contributed by atoms with Gasteiger partial charge in [0.15, 0.2) is 0 Å². The zero-order chi connectivity index (χ0) is 14.7. The molecule has 7 heteroatoms. The van der Waals surface area contributed by atoms with Crippen LogP contribution in [-0.4, -0.2) is 29.1 Å². The lowest BCUT2D eigenvalue weighted by atomic mass is 10.1. The van der Waals surface area contributed by atoms with E-state index in [0.29, 0.717) is 19.2 Å². The second kappa shape index (κ2) is 5.85. The third kappa shape index (κ3) is 2.87. The van der Waals surface area contributed by atoms with Gasteiger partial charge in [-0.1, -0.05) is 12.8 Å². The third-order valence-electron chi connectivity index (χ3n) is 3.44. The van der Waals surface area contributed by atoms with Gasteiger partial charge in [-0.15, -0.1) is 0 Å². The van der Waals surface area contributed by atoms with E-state index in [9.17, 15) is 19.3 Å². The van der Waals surface area contributed by atoms with Crippen molar-refractivity contribution < 1.29 is 19.2 Å². The molecule has 1 heterocycles. The molecule has 20 heavy (non-hydrogen) atoms. The standard InChI is InChI=1S/C13H15FN2O4/c14-10-8-12(16(19)20)11(7-9(10)13(17)18)15-5-3-1-2-4-6-15/h7-8H,1-6H2,(H,17,18). The average Bonchev–Trinajstić information content (AvgIpc) is 2.66. The molecule has 0 amide bonds. The van der Waals surface area contributed by atoms with E-state index in [0.717, 1.165) is 31.7 Å². The molecule has 6 nitrogen and oxygen atoms in total. The average molecular weight is 282 g/mol. The summed E-state index contributed by atoms with van der Waals surface area (Å²) in [6.45, 7) is 1.23. The van der Waals surface area contributed by atoms with Crippen LogP contribution in [0.25, 0.3) is 0 Å². The number of halogens is 1. The van der Waals surface area contributed by atoms with E-state index in [1.165, 1.54) is 0 Å². The Morgan fingerprint density at radius 2 is 1.85 bits per heavy atom. The number of nitro benzene ring substituents is 1. The number of nitro groups is 1. The van der Waals surface area contributed by atoms with Crippen LogP contribution in [0.15, 0.2) is 12.1 Å². The van der Waals surface area contributed by atoms with Crippen molar-refractivity contribution in [3.8, 4) is 0 Å². The maximum atomic E-state index is 13.6. The fourth-order valence-electron chi connectivity index (χ4n) is 2.43. The first-order valence-corrected chi connectivity index (χ1v) is 6.47. The van der Waals surface area contributed by atoms with Crippen LogP contribution in [0.5, 0.6) is 0 Å². The number of carboxylic acid groups (broad SMARTS) is 1. The van der Waals surface area contributed by atoms with Crippen molar-refractivity contribution in [1.82, 2.24) is 0 Å². The number of hydrogen-bond donors (Lipinski definition) is 1. The first-order valence-electron chi connectivity index (χ1n) is 6.47. The van der Waals surface area contributed by atoms with E-state index in [4.69, 9.17) is 5.11 Å². The second-order valence-electron chi connectivity index (χ2n) is 4.78. The van der Waals surface area contributed by atoms with Crippen molar-refractivity contribution in [1.29, 1.82) is 0 Å². The van der Waals surface area contributed by atoms with Crippen LogP contribution in [0.2, 0.25) is 0 Å². The van der Waals surface area contributed by atoms with Crippen molar-refractivity contribution in [3.05, 3.63) is 33.6 Å². The number of nitrogens with zero attached hydrogens (tertiary/aromatic N) is 2. The Kier molecular flexibility index (Phi) is 4.16. The summed E-state index contributed by atoms with van der Waals surface area (Å²) in [5, 5.41) is 20.0. The monoisotopic (exact) mass is 282 g/mol. The first-order chi connectivity index (χ1) is 9.50. The van der Waals surface area contributed by atoms with E-state index < -0.39 is 22.3 Å². The summed E-state index contributed by atoms with van der Waals surface area (Å²) in [5.74, 6) is -2.50. The highest BCUT2D eigenvalue weighted by Gasteiger charge is 2.25. The van der Waals surface area contributed by atoms with Crippen molar-refractivity contribution >= 4 is 17.3 Å². The third-order valence-corrected chi connectivity index (χ3v) is 3.44. The zero-order valence-corrected chi connectivity index (χ0v) is 10.8. The molecule has 0 aliphatic carbocycles. The minimum atomic E-state index is -1.42. The quantitative estimate of drug-likeness (QED) is 0.680. The first kappa shape index (κ1) is 14.2. The van der Waals surface area contributed by atoms with Crippen LogP contribution in [0.4, 0.5) is 15.8 Å². The number of hydrogen-bond acceptors (Lipinski definition) is 4. The molecule has 1 aromatic rings. The molecule has 0 aromatic heterocycles. The summed E-state index contributed by atoms with van der Waals surface area (Å²) < 4.78 is 13.6. The predicted molar refractivity (Wildman–Crippen MR) is 70.7 cm³/mol. The summed E-state index contributed by atoms with van der Waals surface area (Å²) in [6, 6.07) is 1.77. The van der Waals surface area contributed by atoms with E-state index >= 15 is 0 Å². The van der Waals surface area contributed by atoms with Crippen molar-refractivity contribution in [2.24, 2.45) is 0 Å². The molecule has 0 saturated carbocycles. The minimum Gasteiger partial charge on any atom is -0.478 e. The van der Waals surface area contributed by atoms with Gasteiger partial charge in [0, 0.05) is 13.1 Å². The fourth-order valence-corrected chi connectivity index (χ4v) is 2.43. The molecule has 1 fully saturated rings. The molecule has 0 radical (unpaired) electrons. The Labute approximate surface area is 115 Å². The SMILES string of the molecule is O=C(O)c1cc(N2CCCCCC2)c([N+](=O)[O-])cc1F. The van der Waals surface area contributed by atoms with Gasteiger partial charge in [0.05, 0.1) is 16.6 Å². The van der Waals surface area contributed by atoms with Crippen LogP contribution in [0.3, 0.4) is 0 Å². The van der Waals surface area contributed by atoms with Gasteiger partial charge >= 0.3 is 5.97 Å². The lowest BCUT2D eigenvalue weighted by Crippen LogP contribution is -2.25. The molecule has 1 aliphatic rings. The van der Waals surface area contributed by atoms with Crippen LogP contribution in [0, 0.1) is 15.9 Å². The van der Waals surface area contributed by atoms with E-state index in [1.54, 1.807) is 4.90 Å². The van der Waals surface area contributed by atoms with Crippen LogP contribution < -0.4 is 4.90 Å². The van der Waals surface area contributed by atoms with Crippen molar-refractivity contribution in [2.75, 3.05) is 18.0 Å². The van der Waals surface area contributed by atoms with Crippen LogP contribution in [0.1, 0.15) is 36.0 Å². The van der Waals surface area contributed by atoms with Gasteiger partial charge in [-0.25, -0.2) is 9.18 Å². The molecule has 108 valence electrons. The molecule has 0 unspecified atom stereocenters. The van der Waals surface area contributed by atoms with Crippen LogP contribution >= 0.6 is 0 Å². The van der Waals surface area contributed by atoms with Crippen molar-refractivity contribution in [3.63, 3.8) is 0 Å². The summed E-state index contributed by atoms with van der Waals surface area (Å²) in [6.07, 6.45) is 3.85. The maximum Gasteiger partial charge on any atom is 0.338 e. The molecule has 0 atom stereocenters. The van der Waals surface area contributed by atoms with Crippen LogP contribution in [-0.2, 0) is 0 Å². The Hall–Kier alpha value is -2.18. The van der Waals surface area contributed by atoms with Gasteiger partial charge in [0.2, 0.25) is 0 Å². The van der Waals surface area contributed by atoms with Gasteiger partial charge < -0.3 is 10.0 Å². The Bertz CT molecular complexity index is 539. The summed E-state index contributed by atoms with van der Waals surface area (Å²) in [7, 11) is 0. The number of carbonyl (C=O) groups is 1. The van der Waals surface area contributed by atoms with Gasteiger partial charge in [-0.3, -0.25) is 10.1 Å². The summed E-state index contributed by atoms with van der Waals surface area (Å²) in [5.41, 5.74) is -0.722. The number of anilines is 1. The molecule has 2 rings (SSSR count). The molecule has 1 N–H and O–H groups in total. The molecule has 1 aromatic carbocycles. The minimum absolute atomic E-state index is 0.190. The fraction of sp³-hybridized carbons (Fsp3) is 0.462. The highest BCUT2D eigenvalue weighted by molar-refractivity contribution is 5.90. The zero-order valence-electron chi connectivity index (χ0n) is 10.8. The van der Waals surface area contributed by atoms with Gasteiger partial charge in [-0.2, -0.15) is 0 Å². The maximum absolute atomic E-state index is 13.6. The Morgan fingerprint density at radius 3 is 2.35 bits per heavy atom. The molecule has 1 aliphatic heterocycles. The van der Waals surface area contributed by atoms with Gasteiger partial charge in [0.25, 0.3) is 5.69 Å². The number of benzene rings is 1. The number of aromatic carboxylic acids is 1. The molecular weight excluding hydrogens is 267 g/mol. The topological polar surface area (TPSA) is 83.7 Å². The lowest BCUT2D eigenvalue weighted by molar-refractivity contribution is -0.384. The molecular formula is C13H15FN2O4. The highest BCUT2D eigenvalue weighted by atomic mass is 19.1. The number of carboxylic acids is 1. The predicted octanol–water partition coefficient (Wildman–Crippen LogP) is 2.81. The van der Waals surface area contributed by atoms with E-state index in [2.05, 4.69) is 0 Å². The molecule has 0 spiro atoms. The largest absolute Gasteiger partial charge is 0.478 e. The van der Waals surface area contributed by atoms with Crippen molar-refractivity contribution in [2.45, 2.75) is 25.7 Å². The summed E-state index contributed by atoms with van der Waals surface area (Å²) in [4.78, 5) is 23.1. The van der Waals surface area contributed by atoms with Gasteiger partial charge in [0.1, 0.15) is 11.5 Å². The molecule has 0 bridgehead atoms. The summed E-state index contributed by atoms with van der Waals surface area (Å²) >= 11 is 0. The second-order valence-corrected chi connectivity index (χ2v) is 4.78. The van der Waals surface area contributed by atoms with E-state index in [1.807, 2.05) is 0 Å². The lowest BCUT2D eigenvalue weighted by Gasteiger charge is -2.22. The van der Waals surface area contributed by atoms with Gasteiger partial charge in [-0.05, 0) is 18.9 Å². The molecule has 1 saturated heterocycles. The Balaban J connectivity index is 2.49.